The Morgan fingerprint density at radius 2 is 1.85 bits per heavy atom. The van der Waals surface area contributed by atoms with Crippen LogP contribution >= 0.6 is 43.6 Å². The first-order valence-electron chi connectivity index (χ1n) is 6.13. The van der Waals surface area contributed by atoms with Crippen LogP contribution < -0.4 is 5.73 Å². The number of thioether (sulfide) groups is 1. The van der Waals surface area contributed by atoms with Crippen molar-refractivity contribution in [2.75, 3.05) is 5.75 Å². The van der Waals surface area contributed by atoms with Gasteiger partial charge in [0, 0.05) is 21.2 Å². The minimum absolute atomic E-state index is 0.0319. The third-order valence-corrected chi connectivity index (χ3v) is 5.59. The summed E-state index contributed by atoms with van der Waals surface area (Å²) in [6.07, 6.45) is 0.732. The molecule has 106 valence electrons. The lowest BCUT2D eigenvalue weighted by molar-refractivity contribution is 0.619. The van der Waals surface area contributed by atoms with Crippen LogP contribution in [0.15, 0.2) is 56.3 Å². The molecule has 0 aliphatic rings. The molecular formula is C15H14Br2FNS. The van der Waals surface area contributed by atoms with Gasteiger partial charge in [-0.3, -0.25) is 0 Å². The van der Waals surface area contributed by atoms with Crippen LogP contribution in [0.1, 0.15) is 5.56 Å². The molecule has 0 aliphatic heterocycles. The first kappa shape index (κ1) is 16.0. The predicted octanol–water partition coefficient (Wildman–Crippen LogP) is 5.01. The molecule has 1 unspecified atom stereocenters. The SMILES string of the molecule is NC(CSc1ccccc1Br)Cc1ccc(F)c(Br)c1. The third kappa shape index (κ3) is 4.58. The largest absolute Gasteiger partial charge is 0.327 e. The lowest BCUT2D eigenvalue weighted by Gasteiger charge is -2.12. The molecule has 0 heterocycles. The highest BCUT2D eigenvalue weighted by Gasteiger charge is 2.08. The van der Waals surface area contributed by atoms with Crippen molar-refractivity contribution in [3.63, 3.8) is 0 Å². The van der Waals surface area contributed by atoms with E-state index in [1.54, 1.807) is 23.9 Å². The maximum atomic E-state index is 13.2. The Hall–Kier alpha value is -0.360. The second-order valence-corrected chi connectivity index (χ2v) is 7.22. The smallest absolute Gasteiger partial charge is 0.137 e. The van der Waals surface area contributed by atoms with Crippen LogP contribution in [0.25, 0.3) is 0 Å². The number of halogens is 3. The Labute approximate surface area is 139 Å². The molecule has 0 amide bonds. The van der Waals surface area contributed by atoms with Crippen molar-refractivity contribution < 1.29 is 4.39 Å². The first-order valence-corrected chi connectivity index (χ1v) is 8.70. The number of nitrogens with two attached hydrogens (primary N) is 1. The fourth-order valence-corrected chi connectivity index (χ4v) is 3.73. The van der Waals surface area contributed by atoms with Crippen LogP contribution in [-0.4, -0.2) is 11.8 Å². The van der Waals surface area contributed by atoms with Crippen LogP contribution in [0.5, 0.6) is 0 Å². The number of rotatable bonds is 5. The van der Waals surface area contributed by atoms with Crippen molar-refractivity contribution in [2.24, 2.45) is 5.73 Å². The van der Waals surface area contributed by atoms with Gasteiger partial charge in [0.2, 0.25) is 0 Å². The Morgan fingerprint density at radius 1 is 1.10 bits per heavy atom. The van der Waals surface area contributed by atoms with E-state index in [0.717, 1.165) is 22.2 Å². The standard InChI is InChI=1S/C15H14Br2FNS/c16-12-3-1-2-4-15(12)20-9-11(19)7-10-5-6-14(18)13(17)8-10/h1-6,8,11H,7,9,19H2. The van der Waals surface area contributed by atoms with Gasteiger partial charge in [-0.2, -0.15) is 0 Å². The zero-order valence-electron chi connectivity index (χ0n) is 10.7. The van der Waals surface area contributed by atoms with E-state index < -0.39 is 0 Å². The van der Waals surface area contributed by atoms with E-state index in [2.05, 4.69) is 37.9 Å². The molecular weight excluding hydrogens is 405 g/mol. The molecule has 0 fully saturated rings. The topological polar surface area (TPSA) is 26.0 Å². The molecule has 2 aromatic carbocycles. The molecule has 0 bridgehead atoms. The molecule has 0 spiro atoms. The second kappa shape index (κ2) is 7.59. The van der Waals surface area contributed by atoms with Gasteiger partial charge in [-0.15, -0.1) is 11.8 Å². The molecule has 2 aromatic rings. The molecule has 1 atom stereocenters. The van der Waals surface area contributed by atoms with Crippen molar-refractivity contribution in [1.82, 2.24) is 0 Å². The average Bonchev–Trinajstić information content (AvgIpc) is 2.42. The van der Waals surface area contributed by atoms with Crippen molar-refractivity contribution in [1.29, 1.82) is 0 Å². The number of hydrogen-bond acceptors (Lipinski definition) is 2. The maximum Gasteiger partial charge on any atom is 0.137 e. The molecule has 2 rings (SSSR count). The predicted molar refractivity (Wildman–Crippen MR) is 90.6 cm³/mol. The van der Waals surface area contributed by atoms with Crippen molar-refractivity contribution >= 4 is 43.6 Å². The summed E-state index contributed by atoms with van der Waals surface area (Å²) in [5.74, 6) is 0.572. The van der Waals surface area contributed by atoms with Gasteiger partial charge >= 0.3 is 0 Å². The van der Waals surface area contributed by atoms with Gasteiger partial charge in [-0.1, -0.05) is 18.2 Å². The van der Waals surface area contributed by atoms with Gasteiger partial charge in [0.1, 0.15) is 5.82 Å². The van der Waals surface area contributed by atoms with E-state index in [4.69, 9.17) is 5.73 Å². The highest BCUT2D eigenvalue weighted by molar-refractivity contribution is 9.10. The molecule has 20 heavy (non-hydrogen) atoms. The van der Waals surface area contributed by atoms with Crippen LogP contribution in [0.4, 0.5) is 4.39 Å². The minimum Gasteiger partial charge on any atom is -0.327 e. The van der Waals surface area contributed by atoms with Crippen molar-refractivity contribution in [3.8, 4) is 0 Å². The summed E-state index contributed by atoms with van der Waals surface area (Å²) in [5.41, 5.74) is 7.19. The maximum absolute atomic E-state index is 13.2. The van der Waals surface area contributed by atoms with Crippen LogP contribution in [0, 0.1) is 5.82 Å². The lowest BCUT2D eigenvalue weighted by atomic mass is 10.1. The third-order valence-electron chi connectivity index (χ3n) is 2.77. The van der Waals surface area contributed by atoms with Gasteiger partial charge < -0.3 is 5.73 Å². The van der Waals surface area contributed by atoms with Crippen LogP contribution in [-0.2, 0) is 6.42 Å². The zero-order chi connectivity index (χ0) is 14.5. The van der Waals surface area contributed by atoms with E-state index >= 15 is 0 Å². The van der Waals surface area contributed by atoms with Gasteiger partial charge in [0.05, 0.1) is 4.47 Å². The van der Waals surface area contributed by atoms with Gasteiger partial charge in [-0.25, -0.2) is 4.39 Å². The van der Waals surface area contributed by atoms with Crippen molar-refractivity contribution in [2.45, 2.75) is 17.4 Å². The average molecular weight is 419 g/mol. The highest BCUT2D eigenvalue weighted by atomic mass is 79.9. The van der Waals surface area contributed by atoms with E-state index in [0.29, 0.717) is 4.47 Å². The fourth-order valence-electron chi connectivity index (χ4n) is 1.79. The van der Waals surface area contributed by atoms with Crippen molar-refractivity contribution in [3.05, 3.63) is 62.8 Å². The zero-order valence-corrected chi connectivity index (χ0v) is 14.6. The molecule has 0 aromatic heterocycles. The van der Waals surface area contributed by atoms with E-state index in [1.807, 2.05) is 18.2 Å². The summed E-state index contributed by atoms with van der Waals surface area (Å²) < 4.78 is 14.7. The van der Waals surface area contributed by atoms with Gasteiger partial charge in [0.25, 0.3) is 0 Å². The van der Waals surface area contributed by atoms with E-state index in [-0.39, 0.29) is 11.9 Å². The normalized spacial score (nSPS) is 12.4. The molecule has 1 nitrogen and oxygen atoms in total. The molecule has 0 radical (unpaired) electrons. The van der Waals surface area contributed by atoms with E-state index in [1.165, 1.54) is 11.0 Å². The molecule has 2 N–H and O–H groups in total. The van der Waals surface area contributed by atoms with Gasteiger partial charge in [-0.05, 0) is 68.1 Å². The molecule has 5 heteroatoms. The molecule has 0 aliphatic carbocycles. The summed E-state index contributed by atoms with van der Waals surface area (Å²) in [5, 5.41) is 0. The summed E-state index contributed by atoms with van der Waals surface area (Å²) in [7, 11) is 0. The minimum atomic E-state index is -0.245. The fraction of sp³-hybridized carbons (Fsp3) is 0.200. The van der Waals surface area contributed by atoms with Crippen LogP contribution in [0.2, 0.25) is 0 Å². The summed E-state index contributed by atoms with van der Waals surface area (Å²) in [6.45, 7) is 0. The van der Waals surface area contributed by atoms with Gasteiger partial charge in [0.15, 0.2) is 0 Å². The Morgan fingerprint density at radius 3 is 2.55 bits per heavy atom. The summed E-state index contributed by atoms with van der Waals surface area (Å²) in [6, 6.07) is 13.2. The Bertz CT molecular complexity index is 592. The number of hydrogen-bond donors (Lipinski definition) is 1. The summed E-state index contributed by atoms with van der Waals surface area (Å²) in [4.78, 5) is 1.18. The lowest BCUT2D eigenvalue weighted by Crippen LogP contribution is -2.25. The number of benzene rings is 2. The van der Waals surface area contributed by atoms with E-state index in [9.17, 15) is 4.39 Å². The van der Waals surface area contributed by atoms with Crippen LogP contribution in [0.3, 0.4) is 0 Å². The summed E-state index contributed by atoms with van der Waals surface area (Å²) >= 11 is 8.44. The Kier molecular flexibility index (Phi) is 6.08. The molecule has 0 saturated carbocycles. The second-order valence-electron chi connectivity index (χ2n) is 4.45. The first-order chi connectivity index (χ1) is 9.56. The molecule has 0 saturated heterocycles. The monoisotopic (exact) mass is 417 g/mol. The quantitative estimate of drug-likeness (QED) is 0.690. The highest BCUT2D eigenvalue weighted by Crippen LogP contribution is 2.27. The Balaban J connectivity index is 1.91.